The van der Waals surface area contributed by atoms with Crippen molar-refractivity contribution in [3.8, 4) is 0 Å². The maximum Gasteiger partial charge on any atom is 0.322 e. The van der Waals surface area contributed by atoms with Crippen LogP contribution in [0.2, 0.25) is 0 Å². The SMILES string of the molecule is CCCc1ccccc1NC(=O)N1CCCC1Cn1cccn1. The number of hydrogen-bond donors (Lipinski definition) is 1. The van der Waals surface area contributed by atoms with Gasteiger partial charge in [-0.2, -0.15) is 5.10 Å². The van der Waals surface area contributed by atoms with E-state index in [1.165, 1.54) is 5.56 Å². The van der Waals surface area contributed by atoms with Gasteiger partial charge < -0.3 is 10.2 Å². The van der Waals surface area contributed by atoms with Crippen LogP contribution < -0.4 is 5.32 Å². The molecule has 1 fully saturated rings. The zero-order chi connectivity index (χ0) is 16.1. The minimum Gasteiger partial charge on any atom is -0.320 e. The number of nitrogens with one attached hydrogen (secondary N) is 1. The van der Waals surface area contributed by atoms with E-state index >= 15 is 0 Å². The van der Waals surface area contributed by atoms with E-state index < -0.39 is 0 Å². The molecule has 0 saturated carbocycles. The zero-order valence-electron chi connectivity index (χ0n) is 13.6. The lowest BCUT2D eigenvalue weighted by Crippen LogP contribution is -2.41. The summed E-state index contributed by atoms with van der Waals surface area (Å²) < 4.78 is 1.90. The maximum atomic E-state index is 12.7. The van der Waals surface area contributed by atoms with Crippen LogP contribution in [0.25, 0.3) is 0 Å². The Morgan fingerprint density at radius 2 is 2.22 bits per heavy atom. The van der Waals surface area contributed by atoms with E-state index in [-0.39, 0.29) is 12.1 Å². The molecule has 1 aromatic carbocycles. The summed E-state index contributed by atoms with van der Waals surface area (Å²) in [6, 6.07) is 10.2. The van der Waals surface area contributed by atoms with E-state index in [1.807, 2.05) is 40.0 Å². The van der Waals surface area contributed by atoms with Crippen LogP contribution in [-0.4, -0.2) is 33.3 Å². The third-order valence-corrected chi connectivity index (χ3v) is 4.37. The van der Waals surface area contributed by atoms with Crippen LogP contribution in [0.15, 0.2) is 42.7 Å². The lowest BCUT2D eigenvalue weighted by molar-refractivity contribution is 0.199. The molecule has 1 unspecified atom stereocenters. The number of carbonyl (C=O) groups excluding carboxylic acids is 1. The van der Waals surface area contributed by atoms with Gasteiger partial charge in [-0.05, 0) is 37.0 Å². The lowest BCUT2D eigenvalue weighted by atomic mass is 10.1. The molecule has 2 heterocycles. The third kappa shape index (κ3) is 3.73. The highest BCUT2D eigenvalue weighted by atomic mass is 16.2. The fourth-order valence-corrected chi connectivity index (χ4v) is 3.23. The molecule has 3 rings (SSSR count). The predicted molar refractivity (Wildman–Crippen MR) is 91.4 cm³/mol. The lowest BCUT2D eigenvalue weighted by Gasteiger charge is -2.25. The van der Waals surface area contributed by atoms with Crippen molar-refractivity contribution < 1.29 is 4.79 Å². The summed E-state index contributed by atoms with van der Waals surface area (Å²) in [5.41, 5.74) is 2.13. The van der Waals surface area contributed by atoms with E-state index in [0.29, 0.717) is 0 Å². The Bertz CT molecular complexity index is 638. The van der Waals surface area contributed by atoms with Crippen LogP contribution >= 0.6 is 0 Å². The van der Waals surface area contributed by atoms with Gasteiger partial charge in [-0.3, -0.25) is 4.68 Å². The first kappa shape index (κ1) is 15.6. The molecule has 1 aliphatic heterocycles. The number of benzene rings is 1. The molecule has 1 N–H and O–H groups in total. The van der Waals surface area contributed by atoms with Gasteiger partial charge in [0.05, 0.1) is 12.6 Å². The van der Waals surface area contributed by atoms with Crippen molar-refractivity contribution in [2.45, 2.75) is 45.2 Å². The third-order valence-electron chi connectivity index (χ3n) is 4.37. The van der Waals surface area contributed by atoms with Crippen LogP contribution in [0.5, 0.6) is 0 Å². The fraction of sp³-hybridized carbons (Fsp3) is 0.444. The monoisotopic (exact) mass is 312 g/mol. The van der Waals surface area contributed by atoms with Crippen molar-refractivity contribution in [1.29, 1.82) is 0 Å². The van der Waals surface area contributed by atoms with Crippen molar-refractivity contribution in [1.82, 2.24) is 14.7 Å². The minimum atomic E-state index is 0.00297. The van der Waals surface area contributed by atoms with Gasteiger partial charge in [0.25, 0.3) is 0 Å². The number of para-hydroxylation sites is 1. The topological polar surface area (TPSA) is 50.2 Å². The summed E-state index contributed by atoms with van der Waals surface area (Å²) >= 11 is 0. The van der Waals surface area contributed by atoms with Crippen molar-refractivity contribution in [2.24, 2.45) is 0 Å². The average Bonchev–Trinajstić information content (AvgIpc) is 3.22. The molecular weight excluding hydrogens is 288 g/mol. The van der Waals surface area contributed by atoms with Crippen molar-refractivity contribution in [3.63, 3.8) is 0 Å². The number of anilines is 1. The molecule has 5 heteroatoms. The molecule has 0 bridgehead atoms. The molecule has 0 radical (unpaired) electrons. The Hall–Kier alpha value is -2.30. The molecule has 2 amide bonds. The second-order valence-electron chi connectivity index (χ2n) is 6.05. The Kier molecular flexibility index (Phi) is 4.95. The van der Waals surface area contributed by atoms with Gasteiger partial charge in [0.1, 0.15) is 0 Å². The summed E-state index contributed by atoms with van der Waals surface area (Å²) in [5.74, 6) is 0. The smallest absolute Gasteiger partial charge is 0.320 e. The average molecular weight is 312 g/mol. The predicted octanol–water partition coefficient (Wildman–Crippen LogP) is 3.53. The number of aryl methyl sites for hydroxylation is 1. The zero-order valence-corrected chi connectivity index (χ0v) is 13.6. The van der Waals surface area contributed by atoms with E-state index in [1.54, 1.807) is 6.20 Å². The number of aromatic nitrogens is 2. The van der Waals surface area contributed by atoms with Crippen LogP contribution in [0.1, 0.15) is 31.7 Å². The highest BCUT2D eigenvalue weighted by Crippen LogP contribution is 2.22. The van der Waals surface area contributed by atoms with Crippen molar-refractivity contribution in [2.75, 3.05) is 11.9 Å². The summed E-state index contributed by atoms with van der Waals surface area (Å²) in [6.07, 6.45) is 7.86. The number of nitrogens with zero attached hydrogens (tertiary/aromatic N) is 3. The number of amides is 2. The first-order chi connectivity index (χ1) is 11.3. The highest BCUT2D eigenvalue weighted by Gasteiger charge is 2.29. The van der Waals surface area contributed by atoms with Crippen LogP contribution in [0, 0.1) is 0 Å². The molecule has 23 heavy (non-hydrogen) atoms. The Morgan fingerprint density at radius 1 is 1.35 bits per heavy atom. The number of urea groups is 1. The largest absolute Gasteiger partial charge is 0.322 e. The molecule has 0 spiro atoms. The minimum absolute atomic E-state index is 0.00297. The van der Waals surface area contributed by atoms with Crippen molar-refractivity contribution >= 4 is 11.7 Å². The van der Waals surface area contributed by atoms with Crippen LogP contribution in [-0.2, 0) is 13.0 Å². The quantitative estimate of drug-likeness (QED) is 0.918. The second kappa shape index (κ2) is 7.31. The van der Waals surface area contributed by atoms with Gasteiger partial charge in [0, 0.05) is 24.6 Å². The van der Waals surface area contributed by atoms with Gasteiger partial charge in [-0.25, -0.2) is 4.79 Å². The number of hydrogen-bond acceptors (Lipinski definition) is 2. The maximum absolute atomic E-state index is 12.7. The summed E-state index contributed by atoms with van der Waals surface area (Å²) in [7, 11) is 0. The first-order valence-corrected chi connectivity index (χ1v) is 8.41. The molecule has 2 aromatic rings. The van der Waals surface area contributed by atoms with Gasteiger partial charge in [0.2, 0.25) is 0 Å². The Morgan fingerprint density at radius 3 is 3.00 bits per heavy atom. The molecule has 122 valence electrons. The van der Waals surface area contributed by atoms with Gasteiger partial charge in [-0.1, -0.05) is 31.5 Å². The molecule has 1 saturated heterocycles. The summed E-state index contributed by atoms with van der Waals surface area (Å²) in [5, 5.41) is 7.36. The standard InChI is InChI=1S/C18H24N4O/c1-2-7-15-8-3-4-10-17(15)20-18(23)22-13-5-9-16(22)14-21-12-6-11-19-21/h3-4,6,8,10-12,16H,2,5,7,9,13-14H2,1H3,(H,20,23). The normalized spacial score (nSPS) is 17.4. The van der Waals surface area contributed by atoms with Crippen LogP contribution in [0.3, 0.4) is 0 Å². The number of rotatable bonds is 5. The Balaban J connectivity index is 1.67. The molecule has 1 aliphatic rings. The van der Waals surface area contributed by atoms with E-state index in [2.05, 4.69) is 23.4 Å². The summed E-state index contributed by atoms with van der Waals surface area (Å²) in [6.45, 7) is 3.73. The molecule has 5 nitrogen and oxygen atoms in total. The highest BCUT2D eigenvalue weighted by molar-refractivity contribution is 5.90. The Labute approximate surface area is 137 Å². The number of carbonyl (C=O) groups is 1. The van der Waals surface area contributed by atoms with E-state index in [0.717, 1.165) is 44.5 Å². The molecule has 1 atom stereocenters. The van der Waals surface area contributed by atoms with Gasteiger partial charge in [0.15, 0.2) is 0 Å². The van der Waals surface area contributed by atoms with Gasteiger partial charge in [-0.15, -0.1) is 0 Å². The molecular formula is C18H24N4O. The summed E-state index contributed by atoms with van der Waals surface area (Å²) in [4.78, 5) is 14.6. The van der Waals surface area contributed by atoms with E-state index in [9.17, 15) is 4.79 Å². The van der Waals surface area contributed by atoms with Gasteiger partial charge >= 0.3 is 6.03 Å². The van der Waals surface area contributed by atoms with E-state index in [4.69, 9.17) is 0 Å². The molecule has 0 aliphatic carbocycles. The fourth-order valence-electron chi connectivity index (χ4n) is 3.23. The van der Waals surface area contributed by atoms with Crippen LogP contribution in [0.4, 0.5) is 10.5 Å². The number of likely N-dealkylation sites (tertiary alicyclic amines) is 1. The first-order valence-electron chi connectivity index (χ1n) is 8.41. The second-order valence-corrected chi connectivity index (χ2v) is 6.05. The molecule has 1 aromatic heterocycles. The van der Waals surface area contributed by atoms with Crippen molar-refractivity contribution in [3.05, 3.63) is 48.3 Å².